The van der Waals surface area contributed by atoms with Crippen molar-refractivity contribution in [1.29, 1.82) is 0 Å². The number of rotatable bonds is 6. The molecule has 0 aromatic heterocycles. The Kier molecular flexibility index (Phi) is 6.04. The molecule has 3 atom stereocenters. The first-order valence-corrected chi connectivity index (χ1v) is 11.6. The Morgan fingerprint density at radius 1 is 0.919 bits per heavy atom. The van der Waals surface area contributed by atoms with Crippen LogP contribution in [0.1, 0.15) is 22.7 Å². The molecular formula is C27H25N3O7. The summed E-state index contributed by atoms with van der Waals surface area (Å²) in [5.74, 6) is -1.62. The van der Waals surface area contributed by atoms with Gasteiger partial charge in [0.1, 0.15) is 12.0 Å². The van der Waals surface area contributed by atoms with Gasteiger partial charge in [0.05, 0.1) is 42.1 Å². The van der Waals surface area contributed by atoms with Crippen LogP contribution >= 0.6 is 0 Å². The number of nitro benzene ring substituents is 1. The highest BCUT2D eigenvalue weighted by Gasteiger charge is 2.61. The Hall–Kier alpha value is -4.44. The van der Waals surface area contributed by atoms with Crippen LogP contribution in [0, 0.1) is 29.9 Å². The molecule has 0 bridgehead atoms. The molecule has 10 nitrogen and oxygen atoms in total. The molecule has 2 aliphatic heterocycles. The smallest absolute Gasteiger partial charge is 0.278 e. The second-order valence-corrected chi connectivity index (χ2v) is 8.98. The van der Waals surface area contributed by atoms with Crippen LogP contribution in [-0.2, 0) is 14.4 Å². The van der Waals surface area contributed by atoms with Crippen molar-refractivity contribution >= 4 is 28.9 Å². The number of hydrogen-bond acceptors (Lipinski definition) is 8. The van der Waals surface area contributed by atoms with Gasteiger partial charge in [-0.1, -0.05) is 35.9 Å². The zero-order valence-corrected chi connectivity index (χ0v) is 20.7. The van der Waals surface area contributed by atoms with Crippen LogP contribution in [0.4, 0.5) is 17.1 Å². The van der Waals surface area contributed by atoms with E-state index < -0.39 is 34.8 Å². The van der Waals surface area contributed by atoms with Crippen LogP contribution in [0.2, 0.25) is 0 Å². The summed E-state index contributed by atoms with van der Waals surface area (Å²) in [6.45, 7) is 3.75. The van der Waals surface area contributed by atoms with Gasteiger partial charge < -0.3 is 9.47 Å². The number of fused-ring (bicyclic) bond motifs is 1. The van der Waals surface area contributed by atoms with Crippen molar-refractivity contribution in [2.75, 3.05) is 24.2 Å². The Bertz CT molecular complexity index is 1410. The van der Waals surface area contributed by atoms with E-state index in [1.54, 1.807) is 30.3 Å². The fraction of sp³-hybridized carbons (Fsp3) is 0.259. The van der Waals surface area contributed by atoms with Crippen LogP contribution in [0.15, 0.2) is 60.7 Å². The zero-order chi connectivity index (χ0) is 26.4. The maximum absolute atomic E-state index is 13.9. The number of carbonyl (C=O) groups excluding carboxylic acids is 2. The van der Waals surface area contributed by atoms with E-state index in [9.17, 15) is 19.7 Å². The molecule has 3 aromatic rings. The van der Waals surface area contributed by atoms with E-state index in [1.165, 1.54) is 31.4 Å². The molecule has 0 aliphatic carbocycles. The largest absolute Gasteiger partial charge is 0.493 e. The van der Waals surface area contributed by atoms with E-state index in [0.29, 0.717) is 11.4 Å². The molecule has 5 rings (SSSR count). The maximum Gasteiger partial charge on any atom is 0.278 e. The van der Waals surface area contributed by atoms with Crippen molar-refractivity contribution in [1.82, 2.24) is 0 Å². The summed E-state index contributed by atoms with van der Waals surface area (Å²) >= 11 is 0. The number of benzene rings is 3. The second-order valence-electron chi connectivity index (χ2n) is 8.98. The third-order valence-corrected chi connectivity index (χ3v) is 6.77. The number of para-hydroxylation sites is 1. The lowest BCUT2D eigenvalue weighted by atomic mass is 9.89. The minimum atomic E-state index is -1.16. The molecule has 2 fully saturated rings. The first-order valence-electron chi connectivity index (χ1n) is 11.6. The molecule has 0 spiro atoms. The molecule has 0 N–H and O–H groups in total. The first-order chi connectivity index (χ1) is 17.8. The van der Waals surface area contributed by atoms with Gasteiger partial charge in [0.2, 0.25) is 5.91 Å². The highest BCUT2D eigenvalue weighted by molar-refractivity contribution is 6.24. The highest BCUT2D eigenvalue weighted by atomic mass is 16.7. The van der Waals surface area contributed by atoms with Crippen molar-refractivity contribution in [2.45, 2.75) is 26.0 Å². The summed E-state index contributed by atoms with van der Waals surface area (Å²) in [6, 6.07) is 16.0. The van der Waals surface area contributed by atoms with Gasteiger partial charge in [0, 0.05) is 0 Å². The van der Waals surface area contributed by atoms with Gasteiger partial charge in [-0.15, -0.1) is 0 Å². The summed E-state index contributed by atoms with van der Waals surface area (Å²) in [4.78, 5) is 46.4. The number of imide groups is 1. The Morgan fingerprint density at radius 2 is 1.59 bits per heavy atom. The normalized spacial score (nSPS) is 20.8. The number of ether oxygens (including phenoxy) is 2. The van der Waals surface area contributed by atoms with Crippen LogP contribution in [0.25, 0.3) is 0 Å². The molecule has 0 saturated carbocycles. The summed E-state index contributed by atoms with van der Waals surface area (Å²) in [5, 5.41) is 13.6. The molecule has 2 heterocycles. The van der Waals surface area contributed by atoms with E-state index in [-0.39, 0.29) is 22.7 Å². The molecule has 3 aromatic carbocycles. The molecule has 37 heavy (non-hydrogen) atoms. The van der Waals surface area contributed by atoms with Gasteiger partial charge in [-0.2, -0.15) is 0 Å². The summed E-state index contributed by atoms with van der Waals surface area (Å²) < 4.78 is 10.7. The number of carbonyl (C=O) groups is 2. The average molecular weight is 504 g/mol. The fourth-order valence-electron chi connectivity index (χ4n) is 5.10. The molecular weight excluding hydrogens is 478 g/mol. The SMILES string of the molecule is COc1cc([C@H]2[C@@H]3C(=O)N(c4ccc(C)cc4C)C(=O)[C@H]3ON2c2ccccc2)c([N+](=O)[O-])cc1OC. The lowest BCUT2D eigenvalue weighted by molar-refractivity contribution is -0.385. The number of hydrogen-bond donors (Lipinski definition) is 0. The Morgan fingerprint density at radius 3 is 2.22 bits per heavy atom. The van der Waals surface area contributed by atoms with Gasteiger partial charge in [0.15, 0.2) is 17.6 Å². The first kappa shape index (κ1) is 24.3. The summed E-state index contributed by atoms with van der Waals surface area (Å²) in [7, 11) is 2.80. The zero-order valence-electron chi connectivity index (χ0n) is 20.7. The molecule has 0 radical (unpaired) electrons. The van der Waals surface area contributed by atoms with Crippen molar-refractivity contribution in [3.8, 4) is 11.5 Å². The number of nitrogens with zero attached hydrogens (tertiary/aromatic N) is 3. The van der Waals surface area contributed by atoms with Gasteiger partial charge in [-0.25, -0.2) is 9.96 Å². The van der Waals surface area contributed by atoms with Crippen LogP contribution in [0.3, 0.4) is 0 Å². The predicted molar refractivity (Wildman–Crippen MR) is 135 cm³/mol. The number of anilines is 2. The second kappa shape index (κ2) is 9.21. The molecule has 0 unspecified atom stereocenters. The van der Waals surface area contributed by atoms with Crippen molar-refractivity contribution in [2.24, 2.45) is 5.92 Å². The number of aryl methyl sites for hydroxylation is 2. The molecule has 190 valence electrons. The molecule has 2 saturated heterocycles. The van der Waals surface area contributed by atoms with Crippen LogP contribution < -0.4 is 19.4 Å². The Labute approximate surface area is 213 Å². The summed E-state index contributed by atoms with van der Waals surface area (Å²) in [5.41, 5.74) is 2.65. The monoisotopic (exact) mass is 503 g/mol. The van der Waals surface area contributed by atoms with E-state index >= 15 is 0 Å². The van der Waals surface area contributed by atoms with Gasteiger partial charge in [-0.3, -0.25) is 24.5 Å². The van der Waals surface area contributed by atoms with Crippen LogP contribution in [-0.4, -0.2) is 37.1 Å². The van der Waals surface area contributed by atoms with Gasteiger partial charge in [0.25, 0.3) is 11.6 Å². The average Bonchev–Trinajstić information content (AvgIpc) is 3.39. The summed E-state index contributed by atoms with van der Waals surface area (Å²) in [6.07, 6.45) is -1.16. The maximum atomic E-state index is 13.9. The predicted octanol–water partition coefficient (Wildman–Crippen LogP) is 4.28. The van der Waals surface area contributed by atoms with Crippen molar-refractivity contribution in [3.05, 3.63) is 87.5 Å². The third-order valence-electron chi connectivity index (χ3n) is 6.77. The molecule has 10 heteroatoms. The quantitative estimate of drug-likeness (QED) is 0.278. The lowest BCUT2D eigenvalue weighted by Gasteiger charge is -2.29. The standard InChI is InChI=1S/C27H25N3O7/c1-15-10-11-19(16(2)12-15)28-26(31)23-24(18-13-21(35-3)22(36-4)14-20(18)30(33)34)29(37-25(23)27(28)32)17-8-6-5-7-9-17/h5-14,23-25H,1-4H3/t23-,24-,25-/m0/s1. The molecule has 2 aliphatic rings. The van der Waals surface area contributed by atoms with Gasteiger partial charge >= 0.3 is 0 Å². The minimum Gasteiger partial charge on any atom is -0.493 e. The number of amides is 2. The van der Waals surface area contributed by atoms with Crippen LogP contribution in [0.5, 0.6) is 11.5 Å². The number of methoxy groups -OCH3 is 2. The fourth-order valence-corrected chi connectivity index (χ4v) is 5.10. The van der Waals surface area contributed by atoms with E-state index in [4.69, 9.17) is 14.3 Å². The van der Waals surface area contributed by atoms with Gasteiger partial charge in [-0.05, 0) is 43.7 Å². The van der Waals surface area contributed by atoms with E-state index in [2.05, 4.69) is 0 Å². The van der Waals surface area contributed by atoms with Crippen molar-refractivity contribution in [3.63, 3.8) is 0 Å². The van der Waals surface area contributed by atoms with Crippen molar-refractivity contribution < 1.29 is 28.8 Å². The lowest BCUT2D eigenvalue weighted by Crippen LogP contribution is -2.38. The third kappa shape index (κ3) is 3.86. The van der Waals surface area contributed by atoms with E-state index in [1.807, 2.05) is 32.0 Å². The van der Waals surface area contributed by atoms with E-state index in [0.717, 1.165) is 16.0 Å². The number of hydroxylamine groups is 1. The molecule has 2 amide bonds. The number of nitro groups is 1. The minimum absolute atomic E-state index is 0.169. The highest BCUT2D eigenvalue weighted by Crippen LogP contribution is 2.51. The topological polar surface area (TPSA) is 111 Å². The Balaban J connectivity index is 1.69.